The molecule has 1 amide bonds. The summed E-state index contributed by atoms with van der Waals surface area (Å²) >= 11 is 0.333. The topological polar surface area (TPSA) is 87.7 Å². The Hall–Kier alpha value is -1.83. The van der Waals surface area contributed by atoms with Crippen molar-refractivity contribution in [2.75, 3.05) is 5.32 Å². The van der Waals surface area contributed by atoms with E-state index >= 15 is 0 Å². The summed E-state index contributed by atoms with van der Waals surface area (Å²) in [7, 11) is 0. The molecule has 4 N–H and O–H groups in total. The van der Waals surface area contributed by atoms with Gasteiger partial charge in [0.25, 0.3) is 5.76 Å². The number of thioether (sulfide) groups is 1. The molecule has 0 aliphatic heterocycles. The summed E-state index contributed by atoms with van der Waals surface area (Å²) in [4.78, 5) is 11.7. The highest BCUT2D eigenvalue weighted by Gasteiger charge is 2.12. The minimum absolute atomic E-state index is 0.250. The van der Waals surface area contributed by atoms with Crippen molar-refractivity contribution in [1.29, 1.82) is 0 Å². The van der Waals surface area contributed by atoms with Crippen LogP contribution in [0.25, 0.3) is 0 Å². The summed E-state index contributed by atoms with van der Waals surface area (Å²) < 4.78 is 24.6. The highest BCUT2D eigenvalue weighted by molar-refractivity contribution is 7.99. The van der Waals surface area contributed by atoms with Gasteiger partial charge in [-0.3, -0.25) is 4.79 Å². The van der Waals surface area contributed by atoms with Gasteiger partial charge in [-0.25, -0.2) is 0 Å². The first-order chi connectivity index (χ1) is 8.52. The zero-order chi connectivity index (χ0) is 13.5. The van der Waals surface area contributed by atoms with Gasteiger partial charge in [0.15, 0.2) is 0 Å². The Labute approximate surface area is 106 Å². The summed E-state index contributed by atoms with van der Waals surface area (Å²) in [5.74, 6) is -3.38. The lowest BCUT2D eigenvalue weighted by molar-refractivity contribution is -0.115. The van der Waals surface area contributed by atoms with Crippen LogP contribution in [0.1, 0.15) is 6.42 Å². The third-order valence-corrected chi connectivity index (χ3v) is 2.64. The second-order valence-electron chi connectivity index (χ2n) is 3.19. The normalized spacial score (nSPS) is 11.6. The maximum Gasteiger partial charge on any atom is 0.288 e. The van der Waals surface area contributed by atoms with Crippen molar-refractivity contribution in [1.82, 2.24) is 0 Å². The monoisotopic (exact) mass is 275 g/mol. The Morgan fingerprint density at radius 3 is 2.78 bits per heavy atom. The largest absolute Gasteiger partial charge is 0.409 e. The molecule has 0 aromatic heterocycles. The molecule has 0 spiro atoms. The van der Waals surface area contributed by atoms with Crippen LogP contribution in [0.2, 0.25) is 0 Å². The molecule has 0 heterocycles. The highest BCUT2D eigenvalue weighted by atomic mass is 32.2. The average Bonchev–Trinajstić information content (AvgIpc) is 2.30. The molecule has 5 nitrogen and oxygen atoms in total. The lowest BCUT2D eigenvalue weighted by Crippen LogP contribution is -2.22. The number of benzene rings is 1. The van der Waals surface area contributed by atoms with E-state index in [1.165, 1.54) is 12.1 Å². The quantitative estimate of drug-likeness (QED) is 0.252. The molecular weight excluding hydrogens is 264 g/mol. The molecule has 0 aliphatic rings. The number of rotatable bonds is 5. The Balaban J connectivity index is 2.74. The Kier molecular flexibility index (Phi) is 5.37. The molecule has 18 heavy (non-hydrogen) atoms. The smallest absolute Gasteiger partial charge is 0.288 e. The molecule has 1 aromatic carbocycles. The van der Waals surface area contributed by atoms with E-state index < -0.39 is 11.7 Å². The number of carbonyl (C=O) groups is 1. The van der Waals surface area contributed by atoms with E-state index in [1.54, 1.807) is 12.1 Å². The molecule has 98 valence electrons. The van der Waals surface area contributed by atoms with Crippen molar-refractivity contribution >= 4 is 29.2 Å². The van der Waals surface area contributed by atoms with Gasteiger partial charge in [-0.1, -0.05) is 29.1 Å². The van der Waals surface area contributed by atoms with E-state index in [9.17, 15) is 13.6 Å². The van der Waals surface area contributed by atoms with Gasteiger partial charge in [-0.05, 0) is 12.1 Å². The molecule has 0 unspecified atom stereocenters. The molecule has 0 fully saturated rings. The Morgan fingerprint density at radius 2 is 2.17 bits per heavy atom. The van der Waals surface area contributed by atoms with Crippen molar-refractivity contribution in [2.45, 2.75) is 17.1 Å². The first-order valence-corrected chi connectivity index (χ1v) is 5.71. The molecule has 0 saturated heterocycles. The number of hydrogen-bond donors (Lipinski definition) is 3. The number of carbonyl (C=O) groups excluding carboxylic acids is 1. The van der Waals surface area contributed by atoms with Gasteiger partial charge in [0.1, 0.15) is 5.84 Å². The third kappa shape index (κ3) is 4.58. The van der Waals surface area contributed by atoms with Crippen molar-refractivity contribution in [3.8, 4) is 0 Å². The number of oxime groups is 1. The first kappa shape index (κ1) is 14.2. The Bertz CT molecular complexity index is 455. The summed E-state index contributed by atoms with van der Waals surface area (Å²) in [6, 6.07) is 6.16. The minimum Gasteiger partial charge on any atom is -0.409 e. The van der Waals surface area contributed by atoms with Gasteiger partial charge in [0, 0.05) is 4.90 Å². The molecule has 1 aromatic rings. The predicted molar refractivity (Wildman–Crippen MR) is 65.0 cm³/mol. The fourth-order valence-corrected chi connectivity index (χ4v) is 1.76. The number of anilines is 1. The van der Waals surface area contributed by atoms with Crippen LogP contribution < -0.4 is 11.1 Å². The van der Waals surface area contributed by atoms with Crippen LogP contribution in [-0.4, -0.2) is 22.7 Å². The number of halogens is 2. The zero-order valence-electron chi connectivity index (χ0n) is 9.14. The predicted octanol–water partition coefficient (Wildman–Crippen LogP) is 2.08. The maximum absolute atomic E-state index is 12.3. The number of amides is 1. The van der Waals surface area contributed by atoms with Crippen LogP contribution in [0.3, 0.4) is 0 Å². The zero-order valence-corrected chi connectivity index (χ0v) is 9.95. The molecule has 0 atom stereocenters. The van der Waals surface area contributed by atoms with Crippen LogP contribution in [0.4, 0.5) is 14.5 Å². The third-order valence-electron chi connectivity index (χ3n) is 1.85. The second kappa shape index (κ2) is 6.80. The fourth-order valence-electron chi connectivity index (χ4n) is 1.16. The average molecular weight is 275 g/mol. The molecule has 8 heteroatoms. The van der Waals surface area contributed by atoms with Gasteiger partial charge >= 0.3 is 0 Å². The number of nitrogens with two attached hydrogens (primary N) is 1. The van der Waals surface area contributed by atoms with Gasteiger partial charge < -0.3 is 16.3 Å². The summed E-state index contributed by atoms with van der Waals surface area (Å²) in [6.07, 6.45) is -0.315. The second-order valence-corrected chi connectivity index (χ2v) is 4.22. The van der Waals surface area contributed by atoms with Crippen molar-refractivity contribution in [2.24, 2.45) is 10.9 Å². The molecular formula is C10H11F2N3O2S. The fraction of sp³-hybridized carbons (Fsp3) is 0.200. The van der Waals surface area contributed by atoms with Crippen molar-refractivity contribution in [3.05, 3.63) is 24.3 Å². The number of nitrogens with zero attached hydrogens (tertiary/aromatic N) is 1. The van der Waals surface area contributed by atoms with Crippen LogP contribution in [0.5, 0.6) is 0 Å². The molecule has 1 rings (SSSR count). The number of hydrogen-bond acceptors (Lipinski definition) is 4. The van der Waals surface area contributed by atoms with Crippen molar-refractivity contribution < 1.29 is 18.8 Å². The van der Waals surface area contributed by atoms with E-state index in [2.05, 4.69) is 10.5 Å². The van der Waals surface area contributed by atoms with E-state index in [0.29, 0.717) is 11.8 Å². The standard InChI is InChI=1S/C10H11F2N3O2S/c11-10(12)18-7-4-2-1-3-6(7)14-9(16)5-8(13)15-17/h1-4,10,17H,5H2,(H2,13,15)(H,14,16). The van der Waals surface area contributed by atoms with E-state index in [4.69, 9.17) is 10.9 Å². The first-order valence-electron chi connectivity index (χ1n) is 4.83. The number of amidine groups is 1. The number of nitrogens with one attached hydrogen (secondary N) is 1. The van der Waals surface area contributed by atoms with E-state index in [0.717, 1.165) is 0 Å². The molecule has 0 bridgehead atoms. The molecule has 0 saturated carbocycles. The van der Waals surface area contributed by atoms with E-state index in [-0.39, 0.29) is 22.8 Å². The van der Waals surface area contributed by atoms with Gasteiger partial charge in [0.2, 0.25) is 5.91 Å². The van der Waals surface area contributed by atoms with Crippen LogP contribution in [0.15, 0.2) is 34.3 Å². The highest BCUT2D eigenvalue weighted by Crippen LogP contribution is 2.31. The number of alkyl halides is 2. The SMILES string of the molecule is N/C(CC(=O)Nc1ccccc1SC(F)F)=N\O. The van der Waals surface area contributed by atoms with Gasteiger partial charge in [0.05, 0.1) is 12.1 Å². The summed E-state index contributed by atoms with van der Waals surface area (Å²) in [5.41, 5.74) is 5.42. The maximum atomic E-state index is 12.3. The van der Waals surface area contributed by atoms with Crippen LogP contribution in [-0.2, 0) is 4.79 Å². The molecule has 0 radical (unpaired) electrons. The van der Waals surface area contributed by atoms with Crippen molar-refractivity contribution in [3.63, 3.8) is 0 Å². The lowest BCUT2D eigenvalue weighted by Gasteiger charge is -2.09. The number of para-hydroxylation sites is 1. The molecule has 0 aliphatic carbocycles. The van der Waals surface area contributed by atoms with Crippen LogP contribution >= 0.6 is 11.8 Å². The van der Waals surface area contributed by atoms with Gasteiger partial charge in [-0.15, -0.1) is 0 Å². The van der Waals surface area contributed by atoms with Gasteiger partial charge in [-0.2, -0.15) is 8.78 Å². The summed E-state index contributed by atoms with van der Waals surface area (Å²) in [6.45, 7) is 0. The Morgan fingerprint density at radius 1 is 1.50 bits per heavy atom. The summed E-state index contributed by atoms with van der Waals surface area (Å²) in [5, 5.41) is 13.4. The minimum atomic E-state index is -2.58. The van der Waals surface area contributed by atoms with E-state index in [1.807, 2.05) is 0 Å². The lowest BCUT2D eigenvalue weighted by atomic mass is 10.3. The van der Waals surface area contributed by atoms with Crippen LogP contribution in [0, 0.1) is 0 Å².